The second-order valence-corrected chi connectivity index (χ2v) is 4.50. The highest BCUT2D eigenvalue weighted by Gasteiger charge is 2.09. The van der Waals surface area contributed by atoms with Gasteiger partial charge in [0.1, 0.15) is 11.5 Å². The average Bonchev–Trinajstić information content (AvgIpc) is 2.62. The quantitative estimate of drug-likeness (QED) is 0.722. The lowest BCUT2D eigenvalue weighted by Crippen LogP contribution is -2.04. The monoisotopic (exact) mass is 284 g/mol. The molecule has 0 radical (unpaired) electrons. The topological polar surface area (TPSA) is 65.7 Å². The molecule has 0 saturated carbocycles. The summed E-state index contributed by atoms with van der Waals surface area (Å²) in [6.45, 7) is 0. The zero-order chi connectivity index (χ0) is 15.0. The van der Waals surface area contributed by atoms with Crippen molar-refractivity contribution in [3.63, 3.8) is 0 Å². The van der Waals surface area contributed by atoms with E-state index in [4.69, 9.17) is 13.9 Å². The van der Waals surface area contributed by atoms with Gasteiger partial charge in [0.15, 0.2) is 0 Å². The maximum Gasteiger partial charge on any atom is 0.346 e. The number of methoxy groups -OCH3 is 2. The predicted molar refractivity (Wildman–Crippen MR) is 79.4 cm³/mol. The first-order chi connectivity index (χ1) is 10.1. The minimum atomic E-state index is -0.673. The van der Waals surface area contributed by atoms with Gasteiger partial charge >= 0.3 is 11.3 Å². The molecule has 0 unspecified atom stereocenters. The van der Waals surface area contributed by atoms with Crippen molar-refractivity contribution in [1.82, 2.24) is 0 Å². The Kier molecular flexibility index (Phi) is 3.10. The van der Waals surface area contributed by atoms with Crippen LogP contribution in [-0.4, -0.2) is 14.2 Å². The minimum Gasteiger partial charge on any atom is -0.497 e. The second-order valence-electron chi connectivity index (χ2n) is 4.50. The molecule has 0 saturated heterocycles. The van der Waals surface area contributed by atoms with E-state index >= 15 is 0 Å². The van der Waals surface area contributed by atoms with Crippen LogP contribution in [0.4, 0.5) is 0 Å². The van der Waals surface area contributed by atoms with Crippen molar-refractivity contribution < 1.29 is 13.9 Å². The van der Waals surface area contributed by atoms with Gasteiger partial charge < -0.3 is 13.9 Å². The Morgan fingerprint density at radius 2 is 1.14 bits per heavy atom. The normalized spacial score (nSPS) is 10.8. The molecule has 3 aromatic rings. The molecule has 21 heavy (non-hydrogen) atoms. The molecule has 0 spiro atoms. The number of hydrogen-bond acceptors (Lipinski definition) is 5. The summed E-state index contributed by atoms with van der Waals surface area (Å²) in [5.41, 5.74) is -1.35. The highest BCUT2D eigenvalue weighted by molar-refractivity contribution is 6.06. The van der Waals surface area contributed by atoms with Crippen molar-refractivity contribution in [3.05, 3.63) is 57.2 Å². The van der Waals surface area contributed by atoms with E-state index in [0.717, 1.165) is 0 Å². The Morgan fingerprint density at radius 1 is 0.714 bits per heavy atom. The molecular weight excluding hydrogens is 272 g/mol. The number of ether oxygens (including phenoxy) is 2. The predicted octanol–water partition coefficient (Wildman–Crippen LogP) is 2.32. The molecule has 0 amide bonds. The third-order valence-electron chi connectivity index (χ3n) is 3.37. The maximum atomic E-state index is 12.0. The Labute approximate surface area is 119 Å². The Balaban J connectivity index is 2.65. The zero-order valence-corrected chi connectivity index (χ0v) is 11.5. The van der Waals surface area contributed by atoms with Gasteiger partial charge in [-0.2, -0.15) is 0 Å². The van der Waals surface area contributed by atoms with Crippen LogP contribution in [0.2, 0.25) is 0 Å². The second kappa shape index (κ2) is 4.94. The van der Waals surface area contributed by atoms with Crippen LogP contribution in [0.3, 0.4) is 0 Å². The first kappa shape index (κ1) is 13.2. The molecule has 0 aliphatic heterocycles. The van der Waals surface area contributed by atoms with E-state index in [1.54, 1.807) is 36.4 Å². The van der Waals surface area contributed by atoms with Crippen LogP contribution in [0.25, 0.3) is 21.5 Å². The standard InChI is InChI=1S/C16H12O5/c1-19-9-3-5-11-13(7-9)14-8-10(20-2)4-6-12(14)16(18)21-15(11)17/h3-8H,1-2H3. The molecule has 0 aliphatic carbocycles. The fourth-order valence-electron chi connectivity index (χ4n) is 2.30. The summed E-state index contributed by atoms with van der Waals surface area (Å²) in [4.78, 5) is 24.0. The van der Waals surface area contributed by atoms with Crippen molar-refractivity contribution in [2.75, 3.05) is 14.2 Å². The highest BCUT2D eigenvalue weighted by atomic mass is 16.5. The van der Waals surface area contributed by atoms with E-state index in [1.807, 2.05) is 0 Å². The summed E-state index contributed by atoms with van der Waals surface area (Å²) in [6.07, 6.45) is 0. The molecule has 1 aromatic heterocycles. The smallest absolute Gasteiger partial charge is 0.346 e. The number of hydrogen-bond donors (Lipinski definition) is 0. The van der Waals surface area contributed by atoms with E-state index in [2.05, 4.69) is 0 Å². The van der Waals surface area contributed by atoms with Gasteiger partial charge in [0.25, 0.3) is 0 Å². The van der Waals surface area contributed by atoms with Crippen LogP contribution < -0.4 is 20.7 Å². The van der Waals surface area contributed by atoms with Crippen LogP contribution in [0.15, 0.2) is 50.4 Å². The lowest BCUT2D eigenvalue weighted by Gasteiger charge is -2.03. The Bertz CT molecular complexity index is 879. The maximum absolute atomic E-state index is 12.0. The molecule has 0 bridgehead atoms. The van der Waals surface area contributed by atoms with Gasteiger partial charge in [-0.25, -0.2) is 9.59 Å². The summed E-state index contributed by atoms with van der Waals surface area (Å²) in [7, 11) is 3.07. The SMILES string of the molecule is COc1ccc2c(=O)oc(=O)c3ccc(OC)cc3c2c1. The summed E-state index contributed by atoms with van der Waals surface area (Å²) in [5, 5.41) is 1.80. The Morgan fingerprint density at radius 3 is 1.52 bits per heavy atom. The summed E-state index contributed by atoms with van der Waals surface area (Å²) in [6, 6.07) is 9.86. The molecule has 0 fully saturated rings. The van der Waals surface area contributed by atoms with Crippen LogP contribution in [0.1, 0.15) is 0 Å². The molecule has 0 N–H and O–H groups in total. The van der Waals surface area contributed by atoms with Crippen LogP contribution >= 0.6 is 0 Å². The number of rotatable bonds is 2. The molecule has 106 valence electrons. The van der Waals surface area contributed by atoms with E-state index in [9.17, 15) is 9.59 Å². The largest absolute Gasteiger partial charge is 0.497 e. The molecule has 2 aromatic carbocycles. The van der Waals surface area contributed by atoms with Gasteiger partial charge in [0, 0.05) is 10.8 Å². The first-order valence-electron chi connectivity index (χ1n) is 6.27. The van der Waals surface area contributed by atoms with Crippen molar-refractivity contribution in [2.24, 2.45) is 0 Å². The van der Waals surface area contributed by atoms with Gasteiger partial charge in [0.2, 0.25) is 0 Å². The third kappa shape index (κ3) is 2.12. The molecular formula is C16H12O5. The van der Waals surface area contributed by atoms with Crippen molar-refractivity contribution in [1.29, 1.82) is 0 Å². The Hall–Kier alpha value is -2.82. The van der Waals surface area contributed by atoms with Crippen molar-refractivity contribution in [3.8, 4) is 11.5 Å². The van der Waals surface area contributed by atoms with Crippen LogP contribution in [0, 0.1) is 0 Å². The first-order valence-corrected chi connectivity index (χ1v) is 6.27. The lowest BCUT2D eigenvalue weighted by atomic mass is 10.1. The summed E-state index contributed by atoms with van der Waals surface area (Å²) < 4.78 is 15.2. The van der Waals surface area contributed by atoms with Gasteiger partial charge in [-0.05, 0) is 36.4 Å². The molecule has 1 heterocycles. The lowest BCUT2D eigenvalue weighted by molar-refractivity contribution is 0.415. The van der Waals surface area contributed by atoms with Gasteiger partial charge in [-0.1, -0.05) is 0 Å². The summed E-state index contributed by atoms with van der Waals surface area (Å²) >= 11 is 0. The molecule has 5 heteroatoms. The van der Waals surface area contributed by atoms with Crippen molar-refractivity contribution in [2.45, 2.75) is 0 Å². The van der Waals surface area contributed by atoms with Gasteiger partial charge in [0.05, 0.1) is 25.0 Å². The third-order valence-corrected chi connectivity index (χ3v) is 3.37. The minimum absolute atomic E-state index is 0.316. The fraction of sp³-hybridized carbons (Fsp3) is 0.125. The van der Waals surface area contributed by atoms with Crippen molar-refractivity contribution >= 4 is 21.5 Å². The van der Waals surface area contributed by atoms with Crippen LogP contribution in [0.5, 0.6) is 11.5 Å². The van der Waals surface area contributed by atoms with Gasteiger partial charge in [-0.15, -0.1) is 0 Å². The molecule has 3 rings (SSSR count). The van der Waals surface area contributed by atoms with Crippen LogP contribution in [-0.2, 0) is 0 Å². The molecule has 0 aliphatic rings. The highest BCUT2D eigenvalue weighted by Crippen LogP contribution is 2.27. The van der Waals surface area contributed by atoms with Gasteiger partial charge in [-0.3, -0.25) is 0 Å². The van der Waals surface area contributed by atoms with E-state index in [0.29, 0.717) is 33.0 Å². The fourth-order valence-corrected chi connectivity index (χ4v) is 2.30. The average molecular weight is 284 g/mol. The number of benzene rings is 2. The van der Waals surface area contributed by atoms with E-state index in [-0.39, 0.29) is 0 Å². The number of fused-ring (bicyclic) bond motifs is 3. The zero-order valence-electron chi connectivity index (χ0n) is 11.5. The molecule has 0 atom stereocenters. The summed E-state index contributed by atoms with van der Waals surface area (Å²) in [5.74, 6) is 1.18. The van der Waals surface area contributed by atoms with E-state index < -0.39 is 11.3 Å². The van der Waals surface area contributed by atoms with E-state index in [1.165, 1.54) is 14.2 Å². The molecule has 5 nitrogen and oxygen atoms in total.